The van der Waals surface area contributed by atoms with Crippen LogP contribution in [-0.2, 0) is 20.7 Å². The fraction of sp³-hybridized carbons (Fsp3) is 0.680. The van der Waals surface area contributed by atoms with Crippen LogP contribution < -0.4 is 4.74 Å². The molecule has 29 heavy (non-hydrogen) atoms. The van der Waals surface area contributed by atoms with Crippen molar-refractivity contribution in [3.63, 3.8) is 0 Å². The summed E-state index contributed by atoms with van der Waals surface area (Å²) in [7, 11) is 0. The number of benzene rings is 1. The lowest BCUT2D eigenvalue weighted by molar-refractivity contribution is -0.147. The molecule has 0 aliphatic carbocycles. The molecule has 0 aromatic heterocycles. The third-order valence-corrected chi connectivity index (χ3v) is 5.08. The van der Waals surface area contributed by atoms with Crippen molar-refractivity contribution in [3.8, 4) is 5.75 Å². The number of rotatable bonds is 17. The molecular weight excluding hydrogens is 364 g/mol. The number of carbonyl (C=O) groups excluding carboxylic acids is 2. The quantitative estimate of drug-likeness (QED) is 0.163. The van der Waals surface area contributed by atoms with Gasteiger partial charge in [-0.15, -0.1) is 0 Å². The Morgan fingerprint density at radius 2 is 1.34 bits per heavy atom. The number of unbranched alkanes of at least 4 members (excludes halogenated alkanes) is 10. The van der Waals surface area contributed by atoms with Crippen LogP contribution in [0.5, 0.6) is 5.75 Å². The van der Waals surface area contributed by atoms with E-state index in [4.69, 9.17) is 9.47 Å². The second-order valence-electron chi connectivity index (χ2n) is 7.73. The first-order valence-electron chi connectivity index (χ1n) is 11.6. The topological polar surface area (TPSA) is 52.6 Å². The summed E-state index contributed by atoms with van der Waals surface area (Å²) >= 11 is 0. The van der Waals surface area contributed by atoms with Crippen molar-refractivity contribution in [2.75, 3.05) is 6.61 Å². The minimum atomic E-state index is -0.398. The summed E-state index contributed by atoms with van der Waals surface area (Å²) < 4.78 is 10.5. The van der Waals surface area contributed by atoms with Crippen molar-refractivity contribution < 1.29 is 19.1 Å². The van der Waals surface area contributed by atoms with Gasteiger partial charge >= 0.3 is 11.9 Å². The maximum absolute atomic E-state index is 11.9. The van der Waals surface area contributed by atoms with E-state index < -0.39 is 5.97 Å². The molecule has 0 saturated carbocycles. The molecule has 4 nitrogen and oxygen atoms in total. The van der Waals surface area contributed by atoms with Crippen LogP contribution in [0.3, 0.4) is 0 Å². The molecule has 0 aliphatic heterocycles. The second-order valence-corrected chi connectivity index (χ2v) is 7.73. The highest BCUT2D eigenvalue weighted by Crippen LogP contribution is 2.15. The van der Waals surface area contributed by atoms with E-state index in [1.165, 1.54) is 57.8 Å². The van der Waals surface area contributed by atoms with Crippen LogP contribution in [-0.4, -0.2) is 18.5 Å². The van der Waals surface area contributed by atoms with Gasteiger partial charge < -0.3 is 9.47 Å². The zero-order valence-electron chi connectivity index (χ0n) is 18.5. The summed E-state index contributed by atoms with van der Waals surface area (Å²) in [4.78, 5) is 23.6. The summed E-state index contributed by atoms with van der Waals surface area (Å²) in [5, 5.41) is 0. The number of ether oxygens (including phenoxy) is 2. The van der Waals surface area contributed by atoms with Crippen molar-refractivity contribution >= 4 is 11.9 Å². The Morgan fingerprint density at radius 1 is 0.759 bits per heavy atom. The van der Waals surface area contributed by atoms with E-state index in [0.29, 0.717) is 12.4 Å². The van der Waals surface area contributed by atoms with E-state index >= 15 is 0 Å². The van der Waals surface area contributed by atoms with E-state index in [-0.39, 0.29) is 18.8 Å². The standard InChI is InChI=1S/C25H40O4/c1-3-5-6-7-8-9-10-11-12-13-14-20-28-24(26)18-19-25(27)29-23-17-15-16-22(4-2)21-23/h15-17,21H,3-14,18-20H2,1-2H3. The van der Waals surface area contributed by atoms with E-state index in [2.05, 4.69) is 6.92 Å². The molecule has 1 aromatic carbocycles. The summed E-state index contributed by atoms with van der Waals surface area (Å²) in [6.45, 7) is 4.74. The van der Waals surface area contributed by atoms with E-state index in [1.807, 2.05) is 25.1 Å². The van der Waals surface area contributed by atoms with Crippen LogP contribution in [0.2, 0.25) is 0 Å². The molecule has 164 valence electrons. The third kappa shape index (κ3) is 13.9. The Hall–Kier alpha value is -1.84. The average Bonchev–Trinajstić information content (AvgIpc) is 2.73. The molecule has 1 aromatic rings. The lowest BCUT2D eigenvalue weighted by Gasteiger charge is -2.07. The van der Waals surface area contributed by atoms with Gasteiger partial charge in [0, 0.05) is 0 Å². The highest BCUT2D eigenvalue weighted by molar-refractivity contribution is 5.79. The zero-order valence-corrected chi connectivity index (χ0v) is 18.5. The van der Waals surface area contributed by atoms with E-state index in [1.54, 1.807) is 6.07 Å². The molecule has 0 heterocycles. The zero-order chi connectivity index (χ0) is 21.2. The number of aryl methyl sites for hydroxylation is 1. The van der Waals surface area contributed by atoms with Gasteiger partial charge in [-0.3, -0.25) is 9.59 Å². The van der Waals surface area contributed by atoms with Gasteiger partial charge in [-0.1, -0.05) is 90.2 Å². The lowest BCUT2D eigenvalue weighted by Crippen LogP contribution is -2.13. The molecule has 0 aliphatic rings. The average molecular weight is 405 g/mol. The highest BCUT2D eigenvalue weighted by Gasteiger charge is 2.10. The first-order chi connectivity index (χ1) is 14.2. The summed E-state index contributed by atoms with van der Waals surface area (Å²) in [5.41, 5.74) is 1.11. The van der Waals surface area contributed by atoms with Gasteiger partial charge in [0.05, 0.1) is 19.4 Å². The molecule has 0 bridgehead atoms. The Kier molecular flexibility index (Phi) is 14.8. The summed E-state index contributed by atoms with van der Waals surface area (Å²) in [6.07, 6.45) is 14.9. The smallest absolute Gasteiger partial charge is 0.311 e. The predicted molar refractivity (Wildman–Crippen MR) is 118 cm³/mol. The summed E-state index contributed by atoms with van der Waals surface area (Å²) in [6, 6.07) is 7.46. The normalized spacial score (nSPS) is 10.7. The molecular formula is C25H40O4. The SMILES string of the molecule is CCCCCCCCCCCCCOC(=O)CCC(=O)Oc1cccc(CC)c1. The van der Waals surface area contributed by atoms with Crippen LogP contribution in [0.4, 0.5) is 0 Å². The molecule has 1 rings (SSSR count). The molecule has 0 radical (unpaired) electrons. The number of carbonyl (C=O) groups is 2. The van der Waals surface area contributed by atoms with Gasteiger partial charge in [-0.05, 0) is 30.5 Å². The van der Waals surface area contributed by atoms with Crippen molar-refractivity contribution in [1.29, 1.82) is 0 Å². The van der Waals surface area contributed by atoms with Gasteiger partial charge in [0.2, 0.25) is 0 Å². The van der Waals surface area contributed by atoms with Crippen molar-refractivity contribution in [1.82, 2.24) is 0 Å². The van der Waals surface area contributed by atoms with Crippen molar-refractivity contribution in [3.05, 3.63) is 29.8 Å². The minimum Gasteiger partial charge on any atom is -0.466 e. The Bertz CT molecular complexity index is 568. The number of hydrogen-bond acceptors (Lipinski definition) is 4. The van der Waals surface area contributed by atoms with Crippen LogP contribution >= 0.6 is 0 Å². The minimum absolute atomic E-state index is 0.0490. The molecule has 0 N–H and O–H groups in total. The maximum Gasteiger partial charge on any atom is 0.311 e. The van der Waals surface area contributed by atoms with Gasteiger partial charge in [-0.2, -0.15) is 0 Å². The molecule has 0 spiro atoms. The van der Waals surface area contributed by atoms with Crippen LogP contribution in [0.1, 0.15) is 103 Å². The molecule has 0 fully saturated rings. The Balaban J connectivity index is 1.95. The van der Waals surface area contributed by atoms with Gasteiger partial charge in [0.1, 0.15) is 5.75 Å². The Morgan fingerprint density at radius 3 is 1.97 bits per heavy atom. The first kappa shape index (κ1) is 25.2. The highest BCUT2D eigenvalue weighted by atomic mass is 16.5. The fourth-order valence-corrected chi connectivity index (χ4v) is 3.24. The molecule has 4 heteroatoms. The molecule has 0 atom stereocenters. The monoisotopic (exact) mass is 404 g/mol. The molecule has 0 unspecified atom stereocenters. The molecule has 0 saturated heterocycles. The van der Waals surface area contributed by atoms with E-state index in [0.717, 1.165) is 24.8 Å². The maximum atomic E-state index is 11.9. The fourth-order valence-electron chi connectivity index (χ4n) is 3.24. The predicted octanol–water partition coefficient (Wildman–Crippen LogP) is 6.79. The molecule has 0 amide bonds. The van der Waals surface area contributed by atoms with E-state index in [9.17, 15) is 9.59 Å². The van der Waals surface area contributed by atoms with Crippen molar-refractivity contribution in [2.45, 2.75) is 104 Å². The Labute approximate surface area is 177 Å². The van der Waals surface area contributed by atoms with Crippen LogP contribution in [0, 0.1) is 0 Å². The van der Waals surface area contributed by atoms with Gasteiger partial charge in [0.15, 0.2) is 0 Å². The largest absolute Gasteiger partial charge is 0.466 e. The number of esters is 2. The van der Waals surface area contributed by atoms with Crippen LogP contribution in [0.25, 0.3) is 0 Å². The van der Waals surface area contributed by atoms with Gasteiger partial charge in [0.25, 0.3) is 0 Å². The first-order valence-corrected chi connectivity index (χ1v) is 11.6. The number of hydrogen-bond donors (Lipinski definition) is 0. The lowest BCUT2D eigenvalue weighted by atomic mass is 10.1. The third-order valence-electron chi connectivity index (χ3n) is 5.08. The summed E-state index contributed by atoms with van der Waals surface area (Å²) in [5.74, 6) is -0.190. The van der Waals surface area contributed by atoms with Crippen LogP contribution in [0.15, 0.2) is 24.3 Å². The van der Waals surface area contributed by atoms with Gasteiger partial charge in [-0.25, -0.2) is 0 Å². The van der Waals surface area contributed by atoms with Crippen molar-refractivity contribution in [2.24, 2.45) is 0 Å². The second kappa shape index (κ2) is 17.1.